The van der Waals surface area contributed by atoms with Crippen LogP contribution in [0, 0.1) is 0 Å². The van der Waals surface area contributed by atoms with Gasteiger partial charge >= 0.3 is 0 Å². The fourth-order valence-electron chi connectivity index (χ4n) is 3.18. The number of halogens is 1. The number of allylic oxidation sites excluding steroid dienone is 1. The number of carbonyl (C=O) groups is 1. The van der Waals surface area contributed by atoms with E-state index in [-0.39, 0.29) is 5.91 Å². The summed E-state index contributed by atoms with van der Waals surface area (Å²) < 4.78 is 6.40. The summed E-state index contributed by atoms with van der Waals surface area (Å²) in [5.74, 6) is 0.0588. The summed E-state index contributed by atoms with van der Waals surface area (Å²) in [5.41, 5.74) is 3.65. The van der Waals surface area contributed by atoms with E-state index in [2.05, 4.69) is 43.9 Å². The lowest BCUT2D eigenvalue weighted by molar-refractivity contribution is 0.0303. The summed E-state index contributed by atoms with van der Waals surface area (Å²) in [6.45, 7) is 3.45. The van der Waals surface area contributed by atoms with Gasteiger partial charge in [-0.2, -0.15) is 0 Å². The van der Waals surface area contributed by atoms with Crippen LogP contribution in [-0.2, 0) is 4.74 Å². The minimum Gasteiger partial charge on any atom is -0.389 e. The molecule has 1 amide bonds. The molecule has 3 aliphatic rings. The second-order valence-electron chi connectivity index (χ2n) is 6.46. The van der Waals surface area contributed by atoms with Crippen LogP contribution in [0.15, 0.2) is 57.1 Å². The van der Waals surface area contributed by atoms with Crippen LogP contribution in [0.3, 0.4) is 0 Å². The van der Waals surface area contributed by atoms with Crippen LogP contribution in [0.1, 0.15) is 22.3 Å². The molecule has 0 radical (unpaired) electrons. The highest BCUT2D eigenvalue weighted by molar-refractivity contribution is 14.1. The Labute approximate surface area is 172 Å². The maximum atomic E-state index is 12.6. The summed E-state index contributed by atoms with van der Waals surface area (Å²) in [6, 6.07) is 7.68. The number of amides is 1. The normalized spacial score (nSPS) is 23.7. The highest BCUT2D eigenvalue weighted by atomic mass is 127. The van der Waals surface area contributed by atoms with Gasteiger partial charge in [-0.3, -0.25) is 9.79 Å². The van der Waals surface area contributed by atoms with Crippen molar-refractivity contribution in [2.45, 2.75) is 6.42 Å². The van der Waals surface area contributed by atoms with Gasteiger partial charge in [-0.1, -0.05) is 18.2 Å². The molecule has 1 fully saturated rings. The highest BCUT2D eigenvalue weighted by Crippen LogP contribution is 2.28. The zero-order valence-electron chi connectivity index (χ0n) is 14.9. The third kappa shape index (κ3) is 4.08. The Morgan fingerprint density at radius 1 is 1.19 bits per heavy atom. The van der Waals surface area contributed by atoms with Crippen LogP contribution in [0.25, 0.3) is 5.70 Å². The first-order chi connectivity index (χ1) is 13.2. The second-order valence-corrected chi connectivity index (χ2v) is 7.57. The van der Waals surface area contributed by atoms with Gasteiger partial charge in [0.1, 0.15) is 3.70 Å². The summed E-state index contributed by atoms with van der Waals surface area (Å²) in [5, 5.41) is 3.30. The van der Waals surface area contributed by atoms with Crippen molar-refractivity contribution in [3.8, 4) is 0 Å². The van der Waals surface area contributed by atoms with Gasteiger partial charge < -0.3 is 19.9 Å². The van der Waals surface area contributed by atoms with E-state index in [1.807, 2.05) is 47.8 Å². The van der Waals surface area contributed by atoms with Gasteiger partial charge in [0.15, 0.2) is 0 Å². The molecule has 3 aliphatic heterocycles. The zero-order chi connectivity index (χ0) is 18.6. The maximum Gasteiger partial charge on any atom is 0.254 e. The number of fused-ring (bicyclic) bond motifs is 1. The van der Waals surface area contributed by atoms with Crippen molar-refractivity contribution in [2.75, 3.05) is 32.8 Å². The molecular weight excluding hydrogens is 455 g/mol. The predicted octanol–water partition coefficient (Wildman–Crippen LogP) is 2.95. The predicted molar refractivity (Wildman–Crippen MR) is 114 cm³/mol. The van der Waals surface area contributed by atoms with Gasteiger partial charge in [-0.05, 0) is 41.1 Å². The Hall–Kier alpha value is -2.13. The van der Waals surface area contributed by atoms with E-state index < -0.39 is 0 Å². The van der Waals surface area contributed by atoms with E-state index in [4.69, 9.17) is 4.74 Å². The van der Waals surface area contributed by atoms with Gasteiger partial charge in [-0.25, -0.2) is 0 Å². The molecule has 0 spiro atoms. The number of aliphatic imine (C=N–C) groups is 1. The minimum atomic E-state index is 0.0588. The number of nitrogens with zero attached hydrogens (tertiary/aromatic N) is 3. The minimum absolute atomic E-state index is 0.0588. The molecule has 0 aliphatic carbocycles. The molecule has 3 heterocycles. The molecule has 140 valence electrons. The van der Waals surface area contributed by atoms with Gasteiger partial charge in [0, 0.05) is 43.2 Å². The van der Waals surface area contributed by atoms with Gasteiger partial charge in [0.05, 0.1) is 30.8 Å². The smallest absolute Gasteiger partial charge is 0.254 e. The standard InChI is InChI=1S/C20H21IN4O2/c21-19-13-22-7-1-2-17-12-23-18(14-25(17)19)15-3-5-16(6-4-15)20(26)24-8-10-27-11-9-24/h2-6,12-14,22H,1,7-11H2/b17-2+,19-13-. The number of benzene rings is 1. The third-order valence-electron chi connectivity index (χ3n) is 4.68. The first kappa shape index (κ1) is 18.2. The number of carbonyl (C=O) groups excluding carboxylic acids is 1. The van der Waals surface area contributed by atoms with E-state index in [0.717, 1.165) is 33.6 Å². The largest absolute Gasteiger partial charge is 0.389 e. The van der Waals surface area contributed by atoms with Crippen molar-refractivity contribution in [3.63, 3.8) is 0 Å². The molecule has 7 heteroatoms. The Balaban J connectivity index is 1.54. The number of rotatable bonds is 2. The number of hydrogen-bond acceptors (Lipinski definition) is 5. The lowest BCUT2D eigenvalue weighted by Gasteiger charge is -2.27. The Bertz CT molecular complexity index is 836. The van der Waals surface area contributed by atoms with Crippen molar-refractivity contribution in [1.29, 1.82) is 0 Å². The van der Waals surface area contributed by atoms with E-state index in [0.29, 0.717) is 31.9 Å². The summed E-state index contributed by atoms with van der Waals surface area (Å²) in [6.07, 6.45) is 9.10. The first-order valence-corrected chi connectivity index (χ1v) is 10.1. The summed E-state index contributed by atoms with van der Waals surface area (Å²) in [7, 11) is 0. The fourth-order valence-corrected chi connectivity index (χ4v) is 3.81. The fraction of sp³-hybridized carbons (Fsp3) is 0.300. The number of ether oxygens (including phenoxy) is 1. The number of morpholine rings is 1. The van der Waals surface area contributed by atoms with Gasteiger partial charge in [-0.15, -0.1) is 0 Å². The molecular formula is C20H21IN4O2. The molecule has 0 unspecified atom stereocenters. The zero-order valence-corrected chi connectivity index (χ0v) is 17.1. The van der Waals surface area contributed by atoms with Crippen molar-refractivity contribution < 1.29 is 9.53 Å². The first-order valence-electron chi connectivity index (χ1n) is 9.04. The summed E-state index contributed by atoms with van der Waals surface area (Å²) in [4.78, 5) is 21.2. The summed E-state index contributed by atoms with van der Waals surface area (Å²) >= 11 is 2.32. The molecule has 1 N–H and O–H groups in total. The SMILES string of the molecule is O=C(c1ccc(C2=CN3/C(I)=C\NCC/C=C/3C=N2)cc1)N1CCOCC1. The molecule has 0 atom stereocenters. The lowest BCUT2D eigenvalue weighted by Crippen LogP contribution is -2.40. The van der Waals surface area contributed by atoms with Crippen LogP contribution in [0.5, 0.6) is 0 Å². The average molecular weight is 476 g/mol. The van der Waals surface area contributed by atoms with Crippen molar-refractivity contribution in [3.05, 3.63) is 63.3 Å². The van der Waals surface area contributed by atoms with E-state index >= 15 is 0 Å². The van der Waals surface area contributed by atoms with E-state index in [1.165, 1.54) is 0 Å². The Morgan fingerprint density at radius 2 is 1.96 bits per heavy atom. The van der Waals surface area contributed by atoms with Crippen molar-refractivity contribution >= 4 is 40.4 Å². The third-order valence-corrected chi connectivity index (χ3v) is 5.52. The van der Waals surface area contributed by atoms with E-state index in [1.54, 1.807) is 0 Å². The van der Waals surface area contributed by atoms with Gasteiger partial charge in [0.25, 0.3) is 5.91 Å². The van der Waals surface area contributed by atoms with Crippen LogP contribution in [0.4, 0.5) is 0 Å². The molecule has 0 bridgehead atoms. The highest BCUT2D eigenvalue weighted by Gasteiger charge is 2.20. The van der Waals surface area contributed by atoms with Crippen molar-refractivity contribution in [1.82, 2.24) is 15.1 Å². The Kier molecular flexibility index (Phi) is 5.58. The topological polar surface area (TPSA) is 57.2 Å². The van der Waals surface area contributed by atoms with Crippen LogP contribution < -0.4 is 5.32 Å². The molecule has 0 aromatic heterocycles. The lowest BCUT2D eigenvalue weighted by atomic mass is 10.1. The molecule has 27 heavy (non-hydrogen) atoms. The van der Waals surface area contributed by atoms with Crippen LogP contribution >= 0.6 is 22.6 Å². The molecule has 6 nitrogen and oxygen atoms in total. The van der Waals surface area contributed by atoms with E-state index in [9.17, 15) is 4.79 Å². The molecule has 1 aromatic rings. The maximum absolute atomic E-state index is 12.6. The molecule has 0 saturated carbocycles. The monoisotopic (exact) mass is 476 g/mol. The number of hydrogen-bond donors (Lipinski definition) is 1. The van der Waals surface area contributed by atoms with Crippen molar-refractivity contribution in [2.24, 2.45) is 4.99 Å². The molecule has 4 rings (SSSR count). The van der Waals surface area contributed by atoms with Gasteiger partial charge in [0.2, 0.25) is 0 Å². The molecule has 1 saturated heterocycles. The Morgan fingerprint density at radius 3 is 2.74 bits per heavy atom. The molecule has 1 aromatic carbocycles. The quantitative estimate of drug-likeness (QED) is 0.527. The van der Waals surface area contributed by atoms with Crippen LogP contribution in [-0.4, -0.2) is 54.8 Å². The van der Waals surface area contributed by atoms with Crippen LogP contribution in [0.2, 0.25) is 0 Å². The average Bonchev–Trinajstić information content (AvgIpc) is 2.72. The number of nitrogens with one attached hydrogen (secondary N) is 1. The second kappa shape index (κ2) is 8.26.